The maximum Gasteiger partial charge on any atom is 0.218 e. The maximum absolute atomic E-state index is 11.7. The second-order valence-electron chi connectivity index (χ2n) is 7.69. The minimum Gasteiger partial charge on any atom is -0.370 e. The van der Waals surface area contributed by atoms with Crippen LogP contribution in [0.3, 0.4) is 0 Å². The van der Waals surface area contributed by atoms with E-state index in [1.54, 1.807) is 12.4 Å². The van der Waals surface area contributed by atoms with E-state index in [4.69, 9.17) is 5.73 Å². The van der Waals surface area contributed by atoms with Crippen LogP contribution in [0.15, 0.2) is 42.7 Å². The molecule has 5 heteroatoms. The molecule has 3 aromatic rings. The highest BCUT2D eigenvalue weighted by Gasteiger charge is 2.25. The average Bonchev–Trinajstić information content (AvgIpc) is 2.94. The summed E-state index contributed by atoms with van der Waals surface area (Å²) in [4.78, 5) is 18.2. The van der Waals surface area contributed by atoms with E-state index in [9.17, 15) is 4.79 Å². The summed E-state index contributed by atoms with van der Waals surface area (Å²) in [5.74, 6) is -0.219. The lowest BCUT2D eigenvalue weighted by Crippen LogP contribution is -2.28. The summed E-state index contributed by atoms with van der Waals surface area (Å²) >= 11 is 0. The summed E-state index contributed by atoms with van der Waals surface area (Å²) in [7, 11) is 2.18. The van der Waals surface area contributed by atoms with Crippen molar-refractivity contribution >= 4 is 16.8 Å². The molecular weight excluding hydrogens is 348 g/mol. The molecule has 148 valence electrons. The number of carbonyl (C=O) groups is 1. The Morgan fingerprint density at radius 3 is 2.71 bits per heavy atom. The molecule has 1 amide bonds. The van der Waals surface area contributed by atoms with Gasteiger partial charge in [-0.3, -0.25) is 9.78 Å². The van der Waals surface area contributed by atoms with Gasteiger partial charge in [0.1, 0.15) is 0 Å². The third-order valence-corrected chi connectivity index (χ3v) is 5.63. The van der Waals surface area contributed by atoms with Crippen molar-refractivity contribution in [2.24, 2.45) is 5.73 Å². The van der Waals surface area contributed by atoms with Gasteiger partial charge >= 0.3 is 0 Å². The number of hydrogen-bond acceptors (Lipinski definition) is 3. The van der Waals surface area contributed by atoms with Gasteiger partial charge in [-0.2, -0.15) is 0 Å². The molecular formula is C23H30N4O. The fourth-order valence-corrected chi connectivity index (χ4v) is 4.29. The number of benzene rings is 1. The van der Waals surface area contributed by atoms with Crippen LogP contribution in [-0.4, -0.2) is 34.0 Å². The second-order valence-corrected chi connectivity index (χ2v) is 7.69. The van der Waals surface area contributed by atoms with Crippen molar-refractivity contribution in [2.75, 3.05) is 13.6 Å². The van der Waals surface area contributed by atoms with Crippen LogP contribution in [0.5, 0.6) is 0 Å². The molecule has 0 saturated heterocycles. The number of hydrogen-bond donors (Lipinski definition) is 1. The quantitative estimate of drug-likeness (QED) is 0.737. The van der Waals surface area contributed by atoms with E-state index in [0.717, 1.165) is 31.6 Å². The van der Waals surface area contributed by atoms with Crippen LogP contribution >= 0.6 is 0 Å². The Hall–Kier alpha value is -2.66. The van der Waals surface area contributed by atoms with Crippen molar-refractivity contribution in [1.29, 1.82) is 0 Å². The van der Waals surface area contributed by atoms with E-state index in [0.29, 0.717) is 6.42 Å². The van der Waals surface area contributed by atoms with Gasteiger partial charge in [0.15, 0.2) is 0 Å². The van der Waals surface area contributed by atoms with Crippen LogP contribution in [0.4, 0.5) is 0 Å². The lowest BCUT2D eigenvalue weighted by Gasteiger charge is -2.25. The predicted octanol–water partition coefficient (Wildman–Crippen LogP) is 3.63. The molecule has 28 heavy (non-hydrogen) atoms. The zero-order chi connectivity index (χ0) is 19.0. The number of fused-ring (bicyclic) bond motifs is 3. The largest absolute Gasteiger partial charge is 0.370 e. The first-order valence-electron chi connectivity index (χ1n) is 9.50. The fraction of sp³-hybridized carbons (Fsp3) is 0.391. The van der Waals surface area contributed by atoms with E-state index in [1.807, 2.05) is 12.1 Å². The SMILES string of the molecule is C.Cc1ccc2c(c1)c1c(n2CC(CC(N)=O)c2ccncc2)CCN(C)C1. The third kappa shape index (κ3) is 3.80. The first kappa shape index (κ1) is 20.1. The van der Waals surface area contributed by atoms with E-state index >= 15 is 0 Å². The molecule has 2 N–H and O–H groups in total. The number of carbonyl (C=O) groups excluding carboxylic acids is 1. The molecule has 1 aliphatic heterocycles. The first-order chi connectivity index (χ1) is 13.0. The van der Waals surface area contributed by atoms with Gasteiger partial charge in [0, 0.05) is 67.4 Å². The van der Waals surface area contributed by atoms with Crippen molar-refractivity contribution in [1.82, 2.24) is 14.5 Å². The number of nitrogens with zero attached hydrogens (tertiary/aromatic N) is 3. The van der Waals surface area contributed by atoms with Crippen molar-refractivity contribution in [3.05, 3.63) is 65.1 Å². The number of rotatable bonds is 5. The number of pyridine rings is 1. The smallest absolute Gasteiger partial charge is 0.218 e. The first-order valence-corrected chi connectivity index (χ1v) is 9.50. The molecule has 1 unspecified atom stereocenters. The normalized spacial score (nSPS) is 15.1. The molecule has 0 radical (unpaired) electrons. The molecule has 2 aromatic heterocycles. The van der Waals surface area contributed by atoms with Gasteiger partial charge in [0.2, 0.25) is 5.91 Å². The summed E-state index contributed by atoms with van der Waals surface area (Å²) in [6.07, 6.45) is 4.93. The number of primary amides is 1. The van der Waals surface area contributed by atoms with Gasteiger partial charge < -0.3 is 15.2 Å². The highest BCUT2D eigenvalue weighted by atomic mass is 16.1. The lowest BCUT2D eigenvalue weighted by atomic mass is 9.96. The summed E-state index contributed by atoms with van der Waals surface area (Å²) < 4.78 is 2.42. The second kappa shape index (κ2) is 8.15. The lowest BCUT2D eigenvalue weighted by molar-refractivity contribution is -0.118. The highest BCUT2D eigenvalue weighted by molar-refractivity contribution is 5.86. The Bertz CT molecular complexity index is 977. The van der Waals surface area contributed by atoms with Crippen molar-refractivity contribution in [3.8, 4) is 0 Å². The van der Waals surface area contributed by atoms with Gasteiger partial charge in [0.25, 0.3) is 0 Å². The Labute approximate surface area is 167 Å². The summed E-state index contributed by atoms with van der Waals surface area (Å²) in [5, 5.41) is 1.34. The average molecular weight is 379 g/mol. The Morgan fingerprint density at radius 2 is 2.00 bits per heavy atom. The monoisotopic (exact) mass is 378 g/mol. The Balaban J connectivity index is 0.00000225. The number of aryl methyl sites for hydroxylation is 1. The molecule has 3 heterocycles. The number of aromatic nitrogens is 2. The van der Waals surface area contributed by atoms with Crippen molar-refractivity contribution < 1.29 is 4.79 Å². The van der Waals surface area contributed by atoms with E-state index in [-0.39, 0.29) is 19.3 Å². The van der Waals surface area contributed by atoms with Gasteiger partial charge in [-0.25, -0.2) is 0 Å². The Kier molecular flexibility index (Phi) is 5.84. The topological polar surface area (TPSA) is 64.1 Å². The Morgan fingerprint density at radius 1 is 1.25 bits per heavy atom. The van der Waals surface area contributed by atoms with E-state index in [2.05, 4.69) is 46.6 Å². The molecule has 5 nitrogen and oxygen atoms in total. The van der Waals surface area contributed by atoms with Crippen LogP contribution in [-0.2, 0) is 24.3 Å². The summed E-state index contributed by atoms with van der Waals surface area (Å²) in [6.45, 7) is 4.92. The highest BCUT2D eigenvalue weighted by Crippen LogP contribution is 2.33. The van der Waals surface area contributed by atoms with Gasteiger partial charge in [-0.15, -0.1) is 0 Å². The molecule has 0 saturated carbocycles. The van der Waals surface area contributed by atoms with Gasteiger partial charge in [0.05, 0.1) is 0 Å². The van der Waals surface area contributed by atoms with Crippen LogP contribution in [0, 0.1) is 6.92 Å². The fourth-order valence-electron chi connectivity index (χ4n) is 4.29. The summed E-state index contributed by atoms with van der Waals surface area (Å²) in [5.41, 5.74) is 12.0. The van der Waals surface area contributed by atoms with Crippen molar-refractivity contribution in [2.45, 2.75) is 46.2 Å². The van der Waals surface area contributed by atoms with Crippen LogP contribution in [0.1, 0.15) is 42.1 Å². The number of amides is 1. The van der Waals surface area contributed by atoms with E-state index in [1.165, 1.54) is 27.7 Å². The molecule has 0 fully saturated rings. The molecule has 4 rings (SSSR count). The molecule has 0 spiro atoms. The van der Waals surface area contributed by atoms with Crippen LogP contribution in [0.2, 0.25) is 0 Å². The summed E-state index contributed by atoms with van der Waals surface area (Å²) in [6, 6.07) is 10.7. The number of likely N-dealkylation sites (N-methyl/N-ethyl adjacent to an activating group) is 1. The standard InChI is InChI=1S/C22H26N4O.CH4/c1-15-3-4-20-18(11-15)19-14-25(2)10-7-21(19)26(20)13-17(12-22(23)27)16-5-8-24-9-6-16;/h3-6,8-9,11,17H,7,10,12-14H2,1-2H3,(H2,23,27);1H4. The van der Waals surface area contributed by atoms with Crippen LogP contribution in [0.25, 0.3) is 10.9 Å². The van der Waals surface area contributed by atoms with Crippen molar-refractivity contribution in [3.63, 3.8) is 0 Å². The maximum atomic E-state index is 11.7. The molecule has 1 aliphatic rings. The third-order valence-electron chi connectivity index (χ3n) is 5.63. The predicted molar refractivity (Wildman–Crippen MR) is 114 cm³/mol. The zero-order valence-corrected chi connectivity index (χ0v) is 16.0. The molecule has 0 aliphatic carbocycles. The number of nitrogens with two attached hydrogens (primary N) is 1. The van der Waals surface area contributed by atoms with Crippen LogP contribution < -0.4 is 5.73 Å². The zero-order valence-electron chi connectivity index (χ0n) is 16.0. The van der Waals surface area contributed by atoms with E-state index < -0.39 is 0 Å². The molecule has 1 aromatic carbocycles. The molecule has 1 atom stereocenters. The minimum atomic E-state index is -0.266. The minimum absolute atomic E-state index is 0. The van der Waals surface area contributed by atoms with Gasteiger partial charge in [-0.1, -0.05) is 19.1 Å². The van der Waals surface area contributed by atoms with Gasteiger partial charge in [-0.05, 0) is 49.4 Å². The molecule has 0 bridgehead atoms.